The van der Waals surface area contributed by atoms with E-state index in [9.17, 15) is 0 Å². The third kappa shape index (κ3) is 6.05. The lowest BCUT2D eigenvalue weighted by atomic mass is 9.99. The maximum Gasteiger partial charge on any atom is 0.143 e. The summed E-state index contributed by atoms with van der Waals surface area (Å²) in [6.45, 7) is 0. The highest BCUT2D eigenvalue weighted by Gasteiger charge is 2.20. The first kappa shape index (κ1) is 36.9. The largest absolute Gasteiger partial charge is 0.455 e. The van der Waals surface area contributed by atoms with E-state index in [1.54, 1.807) is 0 Å². The molecule has 0 radical (unpaired) electrons. The number of para-hydroxylation sites is 3. The molecule has 304 valence electrons. The first-order valence-corrected chi connectivity index (χ1v) is 22.2. The first-order valence-electron chi connectivity index (χ1n) is 22.2. The molecule has 0 fully saturated rings. The van der Waals surface area contributed by atoms with Crippen LogP contribution in [0.25, 0.3) is 104 Å². The monoisotopic (exact) mass is 828 g/mol. The van der Waals surface area contributed by atoms with Gasteiger partial charge in [-0.15, -0.1) is 0 Å². The van der Waals surface area contributed by atoms with Crippen molar-refractivity contribution < 1.29 is 4.42 Å². The van der Waals surface area contributed by atoms with E-state index in [4.69, 9.17) is 4.42 Å². The highest BCUT2D eigenvalue weighted by molar-refractivity contribution is 6.19. The lowest BCUT2D eigenvalue weighted by molar-refractivity contribution is 0.671. The summed E-state index contributed by atoms with van der Waals surface area (Å²) in [6, 6.07) is 87.5. The molecule has 13 rings (SSSR count). The summed E-state index contributed by atoms with van der Waals surface area (Å²) in [6.07, 6.45) is 0. The standard InChI is InChI=1S/C62H40N2O/c1-3-15-43(16-4-1)52-26-13-28-56-57-29-14-27-53(62(57)65-61(52)56)46-20-11-23-49(39-46)63(58-30-12-19-42-17-7-9-24-50(42)58)48-35-31-41(32-36-48)45-34-37-54-55-38-33-44-18-8-10-25-51(44)60(55)64(59(54)40-45)47-21-5-2-6-22-47/h1-40H. The molecule has 3 heteroatoms. The molecule has 0 bridgehead atoms. The number of anilines is 3. The van der Waals surface area contributed by atoms with Crippen molar-refractivity contribution >= 4 is 82.4 Å². The molecule has 0 aliphatic rings. The highest BCUT2D eigenvalue weighted by atomic mass is 16.3. The van der Waals surface area contributed by atoms with E-state index in [2.05, 4.69) is 252 Å². The number of fused-ring (bicyclic) bond motifs is 9. The summed E-state index contributed by atoms with van der Waals surface area (Å²) in [5.41, 5.74) is 15.3. The van der Waals surface area contributed by atoms with E-state index >= 15 is 0 Å². The van der Waals surface area contributed by atoms with Gasteiger partial charge in [0.15, 0.2) is 0 Å². The second-order valence-corrected chi connectivity index (χ2v) is 16.8. The van der Waals surface area contributed by atoms with Gasteiger partial charge in [0.1, 0.15) is 11.2 Å². The fourth-order valence-corrected chi connectivity index (χ4v) is 10.1. The number of nitrogens with zero attached hydrogens (tertiary/aromatic N) is 2. The zero-order chi connectivity index (χ0) is 42.8. The molecule has 0 aliphatic carbocycles. The van der Waals surface area contributed by atoms with Crippen LogP contribution in [0.5, 0.6) is 0 Å². The van der Waals surface area contributed by atoms with Gasteiger partial charge in [0.2, 0.25) is 0 Å². The summed E-state index contributed by atoms with van der Waals surface area (Å²) >= 11 is 0. The van der Waals surface area contributed by atoms with E-state index < -0.39 is 0 Å². The molecule has 0 unspecified atom stereocenters. The SMILES string of the molecule is c1ccc(-c2cccc3c2oc2c(-c4cccc(N(c5ccc(-c6ccc7c8ccc9ccccc9c8n(-c8ccccc8)c7c6)cc5)c5cccc6ccccc56)c4)cccc23)cc1. The zero-order valence-electron chi connectivity index (χ0n) is 35.4. The normalized spacial score (nSPS) is 11.7. The smallest absolute Gasteiger partial charge is 0.143 e. The predicted octanol–water partition coefficient (Wildman–Crippen LogP) is 17.5. The Hall–Kier alpha value is -8.66. The fourth-order valence-electron chi connectivity index (χ4n) is 10.1. The van der Waals surface area contributed by atoms with Gasteiger partial charge in [0.05, 0.1) is 16.7 Å². The van der Waals surface area contributed by atoms with Crippen LogP contribution in [0, 0.1) is 0 Å². The Bertz CT molecular complexity index is 3930. The van der Waals surface area contributed by atoms with Crippen molar-refractivity contribution in [2.45, 2.75) is 0 Å². The first-order chi connectivity index (χ1) is 32.2. The van der Waals surface area contributed by atoms with E-state index in [-0.39, 0.29) is 0 Å². The van der Waals surface area contributed by atoms with Crippen molar-refractivity contribution in [1.82, 2.24) is 4.57 Å². The number of aromatic nitrogens is 1. The van der Waals surface area contributed by atoms with Gasteiger partial charge in [-0.1, -0.05) is 194 Å². The quantitative estimate of drug-likeness (QED) is 0.160. The molecule has 0 aliphatic heterocycles. The van der Waals surface area contributed by atoms with Crippen LogP contribution < -0.4 is 4.90 Å². The Labute approximate surface area is 376 Å². The Balaban J connectivity index is 0.947. The van der Waals surface area contributed by atoms with Crippen molar-refractivity contribution in [3.8, 4) is 39.1 Å². The maximum absolute atomic E-state index is 6.89. The van der Waals surface area contributed by atoms with E-state index in [0.29, 0.717) is 0 Å². The van der Waals surface area contributed by atoms with Crippen LogP contribution in [-0.2, 0) is 0 Å². The van der Waals surface area contributed by atoms with Crippen LogP contribution in [0.2, 0.25) is 0 Å². The summed E-state index contributed by atoms with van der Waals surface area (Å²) in [7, 11) is 0. The molecule has 0 spiro atoms. The van der Waals surface area contributed by atoms with Gasteiger partial charge < -0.3 is 13.9 Å². The molecular weight excluding hydrogens is 789 g/mol. The van der Waals surface area contributed by atoms with Crippen LogP contribution in [0.15, 0.2) is 247 Å². The zero-order valence-corrected chi connectivity index (χ0v) is 35.4. The molecule has 0 amide bonds. The third-order valence-corrected chi connectivity index (χ3v) is 13.2. The average molecular weight is 829 g/mol. The highest BCUT2D eigenvalue weighted by Crippen LogP contribution is 2.44. The number of hydrogen-bond donors (Lipinski definition) is 0. The minimum Gasteiger partial charge on any atom is -0.455 e. The Kier molecular flexibility index (Phi) is 8.53. The van der Waals surface area contributed by atoms with Crippen LogP contribution in [0.1, 0.15) is 0 Å². The Morgan fingerprint density at radius 3 is 1.66 bits per heavy atom. The summed E-state index contributed by atoms with van der Waals surface area (Å²) in [5.74, 6) is 0. The minimum absolute atomic E-state index is 0.889. The molecular formula is C62H40N2O. The average Bonchev–Trinajstić information content (AvgIpc) is 3.93. The summed E-state index contributed by atoms with van der Waals surface area (Å²) < 4.78 is 9.32. The second kappa shape index (κ2) is 15.0. The Morgan fingerprint density at radius 1 is 0.323 bits per heavy atom. The molecule has 0 saturated carbocycles. The lowest BCUT2D eigenvalue weighted by Gasteiger charge is -2.27. The third-order valence-electron chi connectivity index (χ3n) is 13.2. The van der Waals surface area contributed by atoms with Crippen LogP contribution in [-0.4, -0.2) is 4.57 Å². The van der Waals surface area contributed by atoms with Gasteiger partial charge in [0, 0.05) is 60.5 Å². The lowest BCUT2D eigenvalue weighted by Crippen LogP contribution is -2.10. The summed E-state index contributed by atoms with van der Waals surface area (Å²) in [4.78, 5) is 2.39. The van der Waals surface area contributed by atoms with Crippen molar-refractivity contribution in [2.75, 3.05) is 4.90 Å². The van der Waals surface area contributed by atoms with Crippen molar-refractivity contribution in [1.29, 1.82) is 0 Å². The van der Waals surface area contributed by atoms with E-state index in [0.717, 1.165) is 72.5 Å². The number of rotatable bonds is 7. The van der Waals surface area contributed by atoms with Crippen molar-refractivity contribution in [3.05, 3.63) is 243 Å². The molecule has 0 saturated heterocycles. The van der Waals surface area contributed by atoms with Crippen LogP contribution in [0.3, 0.4) is 0 Å². The summed E-state index contributed by atoms with van der Waals surface area (Å²) in [5, 5.41) is 9.59. The van der Waals surface area contributed by atoms with Gasteiger partial charge in [-0.3, -0.25) is 0 Å². The predicted molar refractivity (Wildman–Crippen MR) is 274 cm³/mol. The second-order valence-electron chi connectivity index (χ2n) is 16.8. The molecule has 2 heterocycles. The van der Waals surface area contributed by atoms with E-state index in [1.165, 1.54) is 48.9 Å². The van der Waals surface area contributed by atoms with Crippen LogP contribution in [0.4, 0.5) is 17.1 Å². The maximum atomic E-state index is 6.89. The topological polar surface area (TPSA) is 21.3 Å². The number of hydrogen-bond acceptors (Lipinski definition) is 2. The molecule has 0 atom stereocenters. The van der Waals surface area contributed by atoms with E-state index in [1.807, 2.05) is 0 Å². The van der Waals surface area contributed by atoms with Gasteiger partial charge in [0.25, 0.3) is 0 Å². The number of benzene rings is 11. The van der Waals surface area contributed by atoms with Gasteiger partial charge in [-0.05, 0) is 81.6 Å². The van der Waals surface area contributed by atoms with Gasteiger partial charge in [-0.2, -0.15) is 0 Å². The molecule has 2 aromatic heterocycles. The van der Waals surface area contributed by atoms with Crippen LogP contribution >= 0.6 is 0 Å². The Morgan fingerprint density at radius 2 is 0.892 bits per heavy atom. The molecule has 65 heavy (non-hydrogen) atoms. The molecule has 13 aromatic rings. The minimum atomic E-state index is 0.889. The van der Waals surface area contributed by atoms with Crippen molar-refractivity contribution in [3.63, 3.8) is 0 Å². The van der Waals surface area contributed by atoms with Gasteiger partial charge in [-0.25, -0.2) is 0 Å². The number of furan rings is 1. The molecule has 0 N–H and O–H groups in total. The fraction of sp³-hybridized carbons (Fsp3) is 0. The van der Waals surface area contributed by atoms with Gasteiger partial charge >= 0.3 is 0 Å². The van der Waals surface area contributed by atoms with Crippen molar-refractivity contribution in [2.24, 2.45) is 0 Å². The molecule has 3 nitrogen and oxygen atoms in total. The molecule has 11 aromatic carbocycles.